The van der Waals surface area contributed by atoms with Crippen LogP contribution < -0.4 is 4.74 Å². The molecule has 2 heterocycles. The molecule has 7 heteroatoms. The molecule has 1 saturated heterocycles. The Hall–Kier alpha value is -3.58. The van der Waals surface area contributed by atoms with Crippen molar-refractivity contribution < 1.29 is 13.9 Å². The van der Waals surface area contributed by atoms with Gasteiger partial charge in [0.1, 0.15) is 11.5 Å². The lowest BCUT2D eigenvalue weighted by atomic mass is 10.1. The van der Waals surface area contributed by atoms with Gasteiger partial charge in [-0.15, -0.1) is 5.10 Å². The average Bonchev–Trinajstić information content (AvgIpc) is 3.40. The van der Waals surface area contributed by atoms with Crippen LogP contribution in [0.25, 0.3) is 6.08 Å². The second kappa shape index (κ2) is 9.49. The van der Waals surface area contributed by atoms with Crippen LogP contribution in [0.2, 0.25) is 0 Å². The van der Waals surface area contributed by atoms with Crippen molar-refractivity contribution >= 4 is 35.1 Å². The van der Waals surface area contributed by atoms with Crippen molar-refractivity contribution in [3.05, 3.63) is 94.3 Å². The maximum atomic E-state index is 13.1. The molecule has 1 aliphatic rings. The molecule has 1 fully saturated rings. The summed E-state index contributed by atoms with van der Waals surface area (Å²) in [4.78, 5) is 15.2. The molecule has 3 aromatic rings. The standard InChI is InChI=1S/C24H21N3O3S/c1-17-6-3-4-7-19(17)15-25-26-24-27(16-21-8-5-13-30-21)23(28)22(31-24)14-18-9-11-20(29-2)12-10-18/h3-15H,16H2,1-2H3/b22-14-,25-15+,26-24-. The monoisotopic (exact) mass is 431 g/mol. The normalized spacial score (nSPS) is 16.7. The minimum absolute atomic E-state index is 0.137. The Morgan fingerprint density at radius 3 is 2.61 bits per heavy atom. The summed E-state index contributed by atoms with van der Waals surface area (Å²) in [5.41, 5.74) is 2.99. The summed E-state index contributed by atoms with van der Waals surface area (Å²) in [6, 6.07) is 19.1. The van der Waals surface area contributed by atoms with Crippen molar-refractivity contribution in [1.29, 1.82) is 0 Å². The largest absolute Gasteiger partial charge is 0.497 e. The number of furan rings is 1. The molecule has 1 aliphatic heterocycles. The molecule has 1 aromatic heterocycles. The van der Waals surface area contributed by atoms with Gasteiger partial charge < -0.3 is 9.15 Å². The van der Waals surface area contributed by atoms with Gasteiger partial charge >= 0.3 is 0 Å². The highest BCUT2D eigenvalue weighted by Crippen LogP contribution is 2.34. The highest BCUT2D eigenvalue weighted by Gasteiger charge is 2.34. The summed E-state index contributed by atoms with van der Waals surface area (Å²) >= 11 is 1.29. The molecule has 0 saturated carbocycles. The second-order valence-corrected chi connectivity index (χ2v) is 7.85. The summed E-state index contributed by atoms with van der Waals surface area (Å²) in [7, 11) is 1.62. The van der Waals surface area contributed by atoms with Gasteiger partial charge in [-0.05, 0) is 65.7 Å². The van der Waals surface area contributed by atoms with Gasteiger partial charge in [-0.25, -0.2) is 0 Å². The number of carbonyl (C=O) groups excluding carboxylic acids is 1. The van der Waals surface area contributed by atoms with E-state index >= 15 is 0 Å². The molecule has 0 radical (unpaired) electrons. The first-order valence-electron chi connectivity index (χ1n) is 9.68. The van der Waals surface area contributed by atoms with E-state index in [-0.39, 0.29) is 12.5 Å². The first kappa shape index (κ1) is 20.7. The number of amidine groups is 1. The summed E-state index contributed by atoms with van der Waals surface area (Å²) in [6.45, 7) is 2.30. The Bertz CT molecular complexity index is 1150. The fraction of sp³-hybridized carbons (Fsp3) is 0.125. The molecule has 4 rings (SSSR count). The van der Waals surface area contributed by atoms with Crippen LogP contribution in [0.5, 0.6) is 5.75 Å². The molecule has 6 nitrogen and oxygen atoms in total. The van der Waals surface area contributed by atoms with E-state index in [2.05, 4.69) is 10.2 Å². The Morgan fingerprint density at radius 1 is 1.10 bits per heavy atom. The van der Waals surface area contributed by atoms with Crippen molar-refractivity contribution in [2.75, 3.05) is 7.11 Å². The van der Waals surface area contributed by atoms with E-state index in [1.165, 1.54) is 11.8 Å². The Balaban J connectivity index is 1.61. The second-order valence-electron chi connectivity index (χ2n) is 6.84. The van der Waals surface area contributed by atoms with E-state index in [0.717, 1.165) is 22.4 Å². The molecule has 0 atom stereocenters. The van der Waals surface area contributed by atoms with Gasteiger partial charge in [-0.3, -0.25) is 9.69 Å². The van der Waals surface area contributed by atoms with E-state index in [1.807, 2.05) is 67.6 Å². The zero-order valence-electron chi connectivity index (χ0n) is 17.2. The highest BCUT2D eigenvalue weighted by atomic mass is 32.2. The van der Waals surface area contributed by atoms with Crippen molar-refractivity contribution in [2.45, 2.75) is 13.5 Å². The number of methoxy groups -OCH3 is 1. The van der Waals surface area contributed by atoms with Gasteiger partial charge in [0.05, 0.1) is 31.0 Å². The third-order valence-corrected chi connectivity index (χ3v) is 5.72. The van der Waals surface area contributed by atoms with Gasteiger partial charge in [0, 0.05) is 0 Å². The third kappa shape index (κ3) is 4.95. The molecule has 156 valence electrons. The molecule has 0 aliphatic carbocycles. The SMILES string of the molecule is COc1ccc(/C=C2\S/C(=N\N=C\c3ccccc3C)N(Cc3ccco3)C2=O)cc1. The Morgan fingerprint density at radius 2 is 1.90 bits per heavy atom. The number of ether oxygens (including phenoxy) is 1. The minimum Gasteiger partial charge on any atom is -0.497 e. The predicted molar refractivity (Wildman–Crippen MR) is 124 cm³/mol. The first-order chi connectivity index (χ1) is 15.1. The van der Waals surface area contributed by atoms with E-state index in [0.29, 0.717) is 15.8 Å². The number of thioether (sulfide) groups is 1. The fourth-order valence-electron chi connectivity index (χ4n) is 3.00. The summed E-state index contributed by atoms with van der Waals surface area (Å²) in [5.74, 6) is 1.30. The van der Waals surface area contributed by atoms with Crippen molar-refractivity contribution in [3.63, 3.8) is 0 Å². The number of carbonyl (C=O) groups is 1. The lowest BCUT2D eigenvalue weighted by Crippen LogP contribution is -2.28. The van der Waals surface area contributed by atoms with Crippen LogP contribution in [0.1, 0.15) is 22.5 Å². The van der Waals surface area contributed by atoms with E-state index < -0.39 is 0 Å². The number of hydrogen-bond donors (Lipinski definition) is 0. The highest BCUT2D eigenvalue weighted by molar-refractivity contribution is 8.18. The topological polar surface area (TPSA) is 67.4 Å². The molecule has 0 unspecified atom stereocenters. The molecule has 31 heavy (non-hydrogen) atoms. The molecule has 0 spiro atoms. The van der Waals surface area contributed by atoms with Gasteiger partial charge in [-0.2, -0.15) is 5.10 Å². The van der Waals surface area contributed by atoms with Gasteiger partial charge in [0.25, 0.3) is 5.91 Å². The van der Waals surface area contributed by atoms with Crippen LogP contribution in [0.4, 0.5) is 0 Å². The smallest absolute Gasteiger partial charge is 0.267 e. The van der Waals surface area contributed by atoms with Crippen LogP contribution in [0, 0.1) is 6.92 Å². The number of rotatable bonds is 6. The zero-order chi connectivity index (χ0) is 21.6. The average molecular weight is 432 g/mol. The van der Waals surface area contributed by atoms with Crippen LogP contribution in [-0.4, -0.2) is 29.3 Å². The van der Waals surface area contributed by atoms with Crippen LogP contribution in [-0.2, 0) is 11.3 Å². The number of hydrogen-bond acceptors (Lipinski definition) is 6. The quantitative estimate of drug-likeness (QED) is 0.309. The van der Waals surface area contributed by atoms with Gasteiger partial charge in [0.15, 0.2) is 5.17 Å². The Labute approximate surface area is 184 Å². The number of aryl methyl sites for hydroxylation is 1. The minimum atomic E-state index is -0.137. The van der Waals surface area contributed by atoms with E-state index in [1.54, 1.807) is 30.6 Å². The van der Waals surface area contributed by atoms with E-state index in [4.69, 9.17) is 9.15 Å². The number of benzene rings is 2. The summed E-state index contributed by atoms with van der Waals surface area (Å²) in [5, 5.41) is 9.08. The van der Waals surface area contributed by atoms with Crippen LogP contribution >= 0.6 is 11.8 Å². The first-order valence-corrected chi connectivity index (χ1v) is 10.5. The fourth-order valence-corrected chi connectivity index (χ4v) is 3.94. The van der Waals surface area contributed by atoms with Crippen LogP contribution in [0.15, 0.2) is 86.5 Å². The molecule has 2 aromatic carbocycles. The lowest BCUT2D eigenvalue weighted by Gasteiger charge is -2.12. The van der Waals surface area contributed by atoms with Crippen molar-refractivity contribution in [2.24, 2.45) is 10.2 Å². The van der Waals surface area contributed by atoms with Crippen molar-refractivity contribution in [1.82, 2.24) is 4.90 Å². The predicted octanol–water partition coefficient (Wildman–Crippen LogP) is 5.10. The molecule has 0 bridgehead atoms. The molecular weight excluding hydrogens is 410 g/mol. The summed E-state index contributed by atoms with van der Waals surface area (Å²) in [6.07, 6.45) is 5.13. The zero-order valence-corrected chi connectivity index (χ0v) is 18.0. The van der Waals surface area contributed by atoms with Crippen LogP contribution in [0.3, 0.4) is 0 Å². The number of amides is 1. The third-order valence-electron chi connectivity index (χ3n) is 4.72. The van der Waals surface area contributed by atoms with Gasteiger partial charge in [-0.1, -0.05) is 36.4 Å². The molecule has 1 amide bonds. The van der Waals surface area contributed by atoms with Gasteiger partial charge in [0.2, 0.25) is 0 Å². The maximum absolute atomic E-state index is 13.1. The molecule has 0 N–H and O–H groups in total. The summed E-state index contributed by atoms with van der Waals surface area (Å²) < 4.78 is 10.6. The Kier molecular flexibility index (Phi) is 6.33. The van der Waals surface area contributed by atoms with E-state index in [9.17, 15) is 4.79 Å². The number of nitrogens with zero attached hydrogens (tertiary/aromatic N) is 3. The lowest BCUT2D eigenvalue weighted by molar-refractivity contribution is -0.122. The molecular formula is C24H21N3O3S. The van der Waals surface area contributed by atoms with Crippen molar-refractivity contribution in [3.8, 4) is 5.75 Å². The maximum Gasteiger partial charge on any atom is 0.267 e.